The van der Waals surface area contributed by atoms with E-state index in [1.54, 1.807) is 6.08 Å². The Bertz CT molecular complexity index is 475. The van der Waals surface area contributed by atoms with Crippen LogP contribution in [0.4, 0.5) is 0 Å². The Morgan fingerprint density at radius 2 is 1.10 bits per heavy atom. The van der Waals surface area contributed by atoms with Crippen molar-refractivity contribution in [3.05, 3.63) is 48.2 Å². The minimum atomic E-state index is 1.11. The van der Waals surface area contributed by atoms with Crippen molar-refractivity contribution in [1.29, 1.82) is 0 Å². The van der Waals surface area contributed by atoms with Crippen LogP contribution in [-0.4, -0.2) is 25.1 Å². The van der Waals surface area contributed by atoms with Crippen molar-refractivity contribution in [2.24, 2.45) is 5.73 Å². The van der Waals surface area contributed by atoms with Gasteiger partial charge in [0.1, 0.15) is 6.54 Å². The molecule has 2 nitrogen and oxygen atoms in total. The van der Waals surface area contributed by atoms with E-state index in [1.807, 2.05) is 6.92 Å². The van der Waals surface area contributed by atoms with Crippen molar-refractivity contribution < 1.29 is 4.48 Å². The first kappa shape index (κ1) is 28.7. The summed E-state index contributed by atoms with van der Waals surface area (Å²) in [5, 5.41) is 0. The first-order valence-corrected chi connectivity index (χ1v) is 12.7. The van der Waals surface area contributed by atoms with Crippen molar-refractivity contribution in [1.82, 2.24) is 0 Å². The number of nitrogens with two attached hydrogens (primary N) is 1. The quantitative estimate of drug-likeness (QED) is 0.200. The predicted molar refractivity (Wildman–Crippen MR) is 136 cm³/mol. The van der Waals surface area contributed by atoms with E-state index in [2.05, 4.69) is 51.4 Å². The lowest BCUT2D eigenvalue weighted by Crippen LogP contribution is -2.39. The molecule has 0 saturated heterocycles. The molecular formula is C28H53N2+. The highest BCUT2D eigenvalue weighted by atomic mass is 15.3. The Morgan fingerprint density at radius 3 is 1.50 bits per heavy atom. The second-order valence-electron chi connectivity index (χ2n) is 9.43. The average Bonchev–Trinajstić information content (AvgIpc) is 2.74. The zero-order valence-corrected chi connectivity index (χ0v) is 20.9. The summed E-state index contributed by atoms with van der Waals surface area (Å²) in [6, 6.07) is 10.9. The normalized spacial score (nSPS) is 11.5. The molecule has 0 saturated carbocycles. The molecule has 0 atom stereocenters. The predicted octanol–water partition coefficient (Wildman–Crippen LogP) is 8.22. The van der Waals surface area contributed by atoms with Gasteiger partial charge in [-0.2, -0.15) is 0 Å². The van der Waals surface area contributed by atoms with Gasteiger partial charge in [0, 0.05) is 5.56 Å². The number of rotatable bonds is 17. The number of hydrogen-bond acceptors (Lipinski definition) is 1. The molecule has 174 valence electrons. The molecule has 1 aromatic carbocycles. The van der Waals surface area contributed by atoms with Gasteiger partial charge in [0.2, 0.25) is 0 Å². The van der Waals surface area contributed by atoms with Gasteiger partial charge in [-0.15, -0.1) is 0 Å². The molecular weight excluding hydrogens is 364 g/mol. The second kappa shape index (κ2) is 21.0. The molecule has 0 radical (unpaired) electrons. The minimum absolute atomic E-state index is 1.11. The van der Waals surface area contributed by atoms with Gasteiger partial charge in [-0.25, -0.2) is 0 Å². The number of nitrogens with zero attached hydrogens (tertiary/aromatic N) is 1. The Kier molecular flexibility index (Phi) is 20.1. The summed E-state index contributed by atoms with van der Waals surface area (Å²) in [4.78, 5) is 0. The molecule has 0 aliphatic carbocycles. The highest BCUT2D eigenvalue weighted by Gasteiger charge is 2.14. The molecule has 0 amide bonds. The number of quaternary nitrogens is 1. The van der Waals surface area contributed by atoms with Crippen LogP contribution in [0.25, 0.3) is 0 Å². The van der Waals surface area contributed by atoms with Gasteiger partial charge in [-0.1, -0.05) is 120 Å². The number of hydrogen-bond donors (Lipinski definition) is 1. The molecule has 2 heteroatoms. The lowest BCUT2D eigenvalue weighted by Gasteiger charge is -2.30. The highest BCUT2D eigenvalue weighted by molar-refractivity contribution is 5.13. The molecule has 1 rings (SSSR count). The van der Waals surface area contributed by atoms with E-state index in [0.29, 0.717) is 0 Å². The van der Waals surface area contributed by atoms with E-state index < -0.39 is 0 Å². The first-order valence-electron chi connectivity index (χ1n) is 12.7. The van der Waals surface area contributed by atoms with E-state index in [1.165, 1.54) is 108 Å². The maximum Gasteiger partial charge on any atom is 0.104 e. The molecule has 0 bridgehead atoms. The molecule has 0 aromatic heterocycles. The third-order valence-corrected chi connectivity index (χ3v) is 5.76. The molecule has 0 aliphatic heterocycles. The third kappa shape index (κ3) is 20.0. The second-order valence-corrected chi connectivity index (χ2v) is 9.43. The summed E-state index contributed by atoms with van der Waals surface area (Å²) in [7, 11) is 4.74. The molecule has 1 aromatic rings. The zero-order valence-electron chi connectivity index (χ0n) is 20.9. The van der Waals surface area contributed by atoms with Crippen LogP contribution >= 0.6 is 0 Å². The first-order chi connectivity index (χ1) is 14.6. The lowest BCUT2D eigenvalue weighted by atomic mass is 10.0. The lowest BCUT2D eigenvalue weighted by molar-refractivity contribution is -0.903. The van der Waals surface area contributed by atoms with Crippen LogP contribution < -0.4 is 5.73 Å². The molecule has 2 N–H and O–H groups in total. The summed E-state index contributed by atoms with van der Waals surface area (Å²) in [5.74, 6) is 0. The van der Waals surface area contributed by atoms with Gasteiger partial charge >= 0.3 is 0 Å². The average molecular weight is 418 g/mol. The van der Waals surface area contributed by atoms with Crippen LogP contribution in [0, 0.1) is 0 Å². The largest absolute Gasteiger partial charge is 0.405 e. The van der Waals surface area contributed by atoms with E-state index in [-0.39, 0.29) is 0 Å². The number of benzene rings is 1. The molecule has 0 unspecified atom stereocenters. The Hall–Kier alpha value is -1.28. The maximum atomic E-state index is 4.85. The fourth-order valence-electron chi connectivity index (χ4n) is 3.89. The van der Waals surface area contributed by atoms with Crippen molar-refractivity contribution >= 4 is 0 Å². The molecule has 30 heavy (non-hydrogen) atoms. The van der Waals surface area contributed by atoms with Crippen LogP contribution in [0.3, 0.4) is 0 Å². The van der Waals surface area contributed by atoms with Gasteiger partial charge in [-0.3, -0.25) is 0 Å². The number of allylic oxidation sites excluding steroid dienone is 1. The van der Waals surface area contributed by atoms with Crippen molar-refractivity contribution in [3.8, 4) is 0 Å². The summed E-state index contributed by atoms with van der Waals surface area (Å²) < 4.78 is 1.11. The Balaban J connectivity index is 0.00000192. The smallest absolute Gasteiger partial charge is 0.104 e. The topological polar surface area (TPSA) is 26.0 Å². The Morgan fingerprint density at radius 1 is 0.700 bits per heavy atom. The third-order valence-electron chi connectivity index (χ3n) is 5.76. The Labute approximate surface area is 189 Å². The van der Waals surface area contributed by atoms with Crippen molar-refractivity contribution in [2.45, 2.75) is 110 Å². The van der Waals surface area contributed by atoms with Gasteiger partial charge in [0.25, 0.3) is 0 Å². The standard InChI is InChI=1S/C25H46N.C3H7N/c1-4-5-6-7-8-9-10-11-12-13-14-15-16-20-23-26(2,3)24-25-21-18-17-19-22-25;1-2-3-4/h17-19,21-22H,4-16,20,23-24H2,1-3H3;2-3H,4H2,1H3/q+1;. The van der Waals surface area contributed by atoms with E-state index >= 15 is 0 Å². The summed E-state index contributed by atoms with van der Waals surface area (Å²) in [5.41, 5.74) is 6.31. The molecule has 0 heterocycles. The van der Waals surface area contributed by atoms with Gasteiger partial charge in [0.05, 0.1) is 20.6 Å². The fourth-order valence-corrected chi connectivity index (χ4v) is 3.89. The van der Waals surface area contributed by atoms with Crippen LogP contribution in [0.15, 0.2) is 42.6 Å². The van der Waals surface area contributed by atoms with Crippen molar-refractivity contribution in [2.75, 3.05) is 20.6 Å². The van der Waals surface area contributed by atoms with Crippen LogP contribution in [-0.2, 0) is 6.54 Å². The van der Waals surface area contributed by atoms with Crippen LogP contribution in [0.2, 0.25) is 0 Å². The minimum Gasteiger partial charge on any atom is -0.405 e. The van der Waals surface area contributed by atoms with Gasteiger partial charge in [0.15, 0.2) is 0 Å². The van der Waals surface area contributed by atoms with Gasteiger partial charge in [-0.05, 0) is 26.0 Å². The monoisotopic (exact) mass is 417 g/mol. The summed E-state index contributed by atoms with van der Waals surface area (Å²) in [6.07, 6.45) is 23.5. The van der Waals surface area contributed by atoms with Crippen LogP contribution in [0.5, 0.6) is 0 Å². The zero-order chi connectivity index (χ0) is 22.3. The molecule has 0 spiro atoms. The van der Waals surface area contributed by atoms with Crippen LogP contribution in [0.1, 0.15) is 109 Å². The number of unbranched alkanes of at least 4 members (excludes halogenated alkanes) is 13. The maximum absolute atomic E-state index is 4.85. The van der Waals surface area contributed by atoms with Crippen molar-refractivity contribution in [3.63, 3.8) is 0 Å². The van der Waals surface area contributed by atoms with E-state index in [0.717, 1.165) is 11.0 Å². The summed E-state index contributed by atoms with van der Waals surface area (Å²) in [6.45, 7) is 6.62. The van der Waals surface area contributed by atoms with E-state index in [4.69, 9.17) is 5.73 Å². The molecule has 0 fully saturated rings. The highest BCUT2D eigenvalue weighted by Crippen LogP contribution is 2.14. The summed E-state index contributed by atoms with van der Waals surface area (Å²) >= 11 is 0. The SMILES string of the molecule is CC=CN.CCCCCCCCCCCCCCCC[N+](C)(C)Cc1ccccc1. The molecule has 0 aliphatic rings. The van der Waals surface area contributed by atoms with Gasteiger partial charge < -0.3 is 10.2 Å². The fraction of sp³-hybridized carbons (Fsp3) is 0.714. The van der Waals surface area contributed by atoms with E-state index in [9.17, 15) is 0 Å².